The predicted octanol–water partition coefficient (Wildman–Crippen LogP) is 4.85. The number of benzene rings is 3. The first kappa shape index (κ1) is 19.6. The molecule has 1 aromatic heterocycles. The second-order valence-electron chi connectivity index (χ2n) is 7.08. The molecule has 2 amide bonds. The van der Waals surface area contributed by atoms with Crippen LogP contribution in [0.15, 0.2) is 71.1 Å². The van der Waals surface area contributed by atoms with Crippen molar-refractivity contribution < 1.29 is 27.9 Å². The summed E-state index contributed by atoms with van der Waals surface area (Å²) in [5.41, 5.74) is 1.22. The lowest BCUT2D eigenvalue weighted by molar-refractivity contribution is 0.0999. The molecule has 2 heterocycles. The molecule has 1 aliphatic rings. The van der Waals surface area contributed by atoms with Crippen molar-refractivity contribution in [1.82, 2.24) is 0 Å². The highest BCUT2D eigenvalue weighted by Gasteiger charge is 2.23. The van der Waals surface area contributed by atoms with Crippen LogP contribution in [0, 0.1) is 5.82 Å². The monoisotopic (exact) mass is 432 g/mol. The summed E-state index contributed by atoms with van der Waals surface area (Å²) < 4.78 is 30.3. The standard InChI is InChI=1S/C24H17FN2O5/c25-15-5-3-4-14(12-15)23(28)27-21-17-6-1-2-7-18(17)32-22(21)24(29)26-16-8-9-19-20(13-16)31-11-10-30-19/h1-9,12-13H,10-11H2,(H,26,29)(H,27,28). The number of carbonyl (C=O) groups is 2. The van der Waals surface area contributed by atoms with E-state index in [9.17, 15) is 14.0 Å². The summed E-state index contributed by atoms with van der Waals surface area (Å²) in [6.07, 6.45) is 0. The number of amides is 2. The van der Waals surface area contributed by atoms with Gasteiger partial charge in [-0.15, -0.1) is 0 Å². The summed E-state index contributed by atoms with van der Waals surface area (Å²) in [5.74, 6) is -0.617. The molecule has 0 fully saturated rings. The summed E-state index contributed by atoms with van der Waals surface area (Å²) in [4.78, 5) is 25.8. The SMILES string of the molecule is O=C(Nc1c(C(=O)Nc2ccc3c(c2)OCCO3)oc2ccccc12)c1cccc(F)c1. The van der Waals surface area contributed by atoms with E-state index >= 15 is 0 Å². The van der Waals surface area contributed by atoms with Gasteiger partial charge in [-0.2, -0.15) is 0 Å². The second-order valence-corrected chi connectivity index (χ2v) is 7.08. The van der Waals surface area contributed by atoms with Gasteiger partial charge >= 0.3 is 0 Å². The maximum absolute atomic E-state index is 13.5. The minimum atomic E-state index is -0.565. The van der Waals surface area contributed by atoms with Crippen molar-refractivity contribution >= 4 is 34.2 Å². The number of fused-ring (bicyclic) bond motifs is 2. The number of rotatable bonds is 4. The molecule has 160 valence electrons. The fourth-order valence-electron chi connectivity index (χ4n) is 3.45. The van der Waals surface area contributed by atoms with Crippen molar-refractivity contribution in [3.8, 4) is 11.5 Å². The molecule has 0 spiro atoms. The van der Waals surface area contributed by atoms with Crippen LogP contribution in [0.5, 0.6) is 11.5 Å². The summed E-state index contributed by atoms with van der Waals surface area (Å²) in [6, 6.07) is 17.2. The Morgan fingerprint density at radius 1 is 0.812 bits per heavy atom. The quantitative estimate of drug-likeness (QED) is 0.481. The summed E-state index contributed by atoms with van der Waals surface area (Å²) in [5, 5.41) is 5.99. The van der Waals surface area contributed by atoms with Gasteiger partial charge in [0, 0.05) is 22.7 Å². The van der Waals surface area contributed by atoms with E-state index in [1.54, 1.807) is 42.5 Å². The van der Waals surface area contributed by atoms with Gasteiger partial charge in [-0.1, -0.05) is 18.2 Å². The number of anilines is 2. The Morgan fingerprint density at radius 2 is 1.62 bits per heavy atom. The molecule has 7 nitrogen and oxygen atoms in total. The zero-order valence-electron chi connectivity index (χ0n) is 16.7. The van der Waals surface area contributed by atoms with Gasteiger partial charge in [-0.3, -0.25) is 9.59 Å². The van der Waals surface area contributed by atoms with Crippen LogP contribution in [-0.4, -0.2) is 25.0 Å². The maximum Gasteiger partial charge on any atom is 0.293 e. The van der Waals surface area contributed by atoms with Gasteiger partial charge in [0.15, 0.2) is 11.5 Å². The number of furan rings is 1. The summed E-state index contributed by atoms with van der Waals surface area (Å²) in [7, 11) is 0. The molecule has 0 saturated carbocycles. The van der Waals surface area contributed by atoms with E-state index in [1.165, 1.54) is 18.2 Å². The highest BCUT2D eigenvalue weighted by molar-refractivity contribution is 6.16. The van der Waals surface area contributed by atoms with E-state index in [1.807, 2.05) is 0 Å². The van der Waals surface area contributed by atoms with Crippen molar-refractivity contribution in [2.45, 2.75) is 0 Å². The van der Waals surface area contributed by atoms with Crippen molar-refractivity contribution in [2.24, 2.45) is 0 Å². The average Bonchev–Trinajstić information content (AvgIpc) is 3.17. The third-order valence-electron chi connectivity index (χ3n) is 4.93. The molecule has 0 saturated heterocycles. The van der Waals surface area contributed by atoms with Crippen LogP contribution in [0.2, 0.25) is 0 Å². The fourth-order valence-corrected chi connectivity index (χ4v) is 3.45. The van der Waals surface area contributed by atoms with Crippen molar-refractivity contribution in [3.63, 3.8) is 0 Å². The van der Waals surface area contributed by atoms with Crippen LogP contribution in [0.1, 0.15) is 20.9 Å². The molecule has 0 radical (unpaired) electrons. The Labute approximate surface area is 181 Å². The Kier molecular flexibility index (Phi) is 4.95. The molecular formula is C24H17FN2O5. The predicted molar refractivity (Wildman–Crippen MR) is 116 cm³/mol. The molecule has 3 aromatic carbocycles. The van der Waals surface area contributed by atoms with Crippen LogP contribution < -0.4 is 20.1 Å². The van der Waals surface area contributed by atoms with Gasteiger partial charge in [0.2, 0.25) is 5.76 Å². The molecule has 4 aromatic rings. The third-order valence-corrected chi connectivity index (χ3v) is 4.93. The normalized spacial score (nSPS) is 12.4. The Hall–Kier alpha value is -4.33. The number of halogens is 1. The van der Waals surface area contributed by atoms with E-state index in [0.717, 1.165) is 6.07 Å². The lowest BCUT2D eigenvalue weighted by atomic mass is 10.1. The molecule has 32 heavy (non-hydrogen) atoms. The molecule has 0 atom stereocenters. The molecule has 5 rings (SSSR count). The highest BCUT2D eigenvalue weighted by Crippen LogP contribution is 2.34. The number of hydrogen-bond donors (Lipinski definition) is 2. The Balaban J connectivity index is 1.47. The molecule has 8 heteroatoms. The number of ether oxygens (including phenoxy) is 2. The highest BCUT2D eigenvalue weighted by atomic mass is 19.1. The number of para-hydroxylation sites is 1. The lowest BCUT2D eigenvalue weighted by Gasteiger charge is -2.18. The Morgan fingerprint density at radius 3 is 2.47 bits per heavy atom. The van der Waals surface area contributed by atoms with Crippen molar-refractivity contribution in [3.05, 3.63) is 83.9 Å². The zero-order valence-corrected chi connectivity index (χ0v) is 16.7. The summed E-state index contributed by atoms with van der Waals surface area (Å²) in [6.45, 7) is 0.885. The molecule has 0 bridgehead atoms. The van der Waals surface area contributed by atoms with Crippen LogP contribution in [0.3, 0.4) is 0 Å². The Bertz CT molecular complexity index is 1350. The number of hydrogen-bond acceptors (Lipinski definition) is 5. The number of nitrogens with one attached hydrogen (secondary N) is 2. The lowest BCUT2D eigenvalue weighted by Crippen LogP contribution is -2.18. The number of carbonyl (C=O) groups excluding carboxylic acids is 2. The molecule has 0 aliphatic carbocycles. The molecule has 2 N–H and O–H groups in total. The first-order chi connectivity index (χ1) is 15.6. The van der Waals surface area contributed by atoms with E-state index in [4.69, 9.17) is 13.9 Å². The van der Waals surface area contributed by atoms with Crippen LogP contribution in [-0.2, 0) is 0 Å². The molecule has 1 aliphatic heterocycles. The minimum Gasteiger partial charge on any atom is -0.486 e. The van der Waals surface area contributed by atoms with Crippen molar-refractivity contribution in [1.29, 1.82) is 0 Å². The maximum atomic E-state index is 13.5. The first-order valence-electron chi connectivity index (χ1n) is 9.88. The average molecular weight is 432 g/mol. The first-order valence-corrected chi connectivity index (χ1v) is 9.88. The van der Waals surface area contributed by atoms with E-state index in [0.29, 0.717) is 41.4 Å². The minimum absolute atomic E-state index is 0.0779. The van der Waals surface area contributed by atoms with E-state index < -0.39 is 17.6 Å². The molecular weight excluding hydrogens is 415 g/mol. The van der Waals surface area contributed by atoms with Crippen LogP contribution in [0.25, 0.3) is 11.0 Å². The summed E-state index contributed by atoms with van der Waals surface area (Å²) >= 11 is 0. The zero-order chi connectivity index (χ0) is 22.1. The molecule has 0 unspecified atom stereocenters. The van der Waals surface area contributed by atoms with Crippen LogP contribution >= 0.6 is 0 Å². The second kappa shape index (κ2) is 8.07. The van der Waals surface area contributed by atoms with Gasteiger partial charge in [-0.05, 0) is 42.5 Å². The van der Waals surface area contributed by atoms with E-state index in [-0.39, 0.29) is 17.0 Å². The third kappa shape index (κ3) is 3.74. The fraction of sp³-hybridized carbons (Fsp3) is 0.0833. The topological polar surface area (TPSA) is 89.8 Å². The van der Waals surface area contributed by atoms with Gasteiger partial charge in [-0.25, -0.2) is 4.39 Å². The van der Waals surface area contributed by atoms with Gasteiger partial charge in [0.1, 0.15) is 30.3 Å². The van der Waals surface area contributed by atoms with Gasteiger partial charge < -0.3 is 24.5 Å². The van der Waals surface area contributed by atoms with Gasteiger partial charge in [0.25, 0.3) is 11.8 Å². The van der Waals surface area contributed by atoms with Gasteiger partial charge in [0.05, 0.1) is 0 Å². The van der Waals surface area contributed by atoms with Crippen LogP contribution in [0.4, 0.5) is 15.8 Å². The van der Waals surface area contributed by atoms with E-state index in [2.05, 4.69) is 10.6 Å². The van der Waals surface area contributed by atoms with Crippen molar-refractivity contribution in [2.75, 3.05) is 23.8 Å². The smallest absolute Gasteiger partial charge is 0.293 e. The largest absolute Gasteiger partial charge is 0.486 e.